The third-order valence-electron chi connectivity index (χ3n) is 7.56. The van der Waals surface area contributed by atoms with Crippen LogP contribution < -0.4 is 10.6 Å². The third-order valence-corrected chi connectivity index (χ3v) is 10.2. The van der Waals surface area contributed by atoms with Gasteiger partial charge in [0, 0.05) is 31.0 Å². The lowest BCUT2D eigenvalue weighted by Gasteiger charge is -2.42. The highest BCUT2D eigenvalue weighted by Gasteiger charge is 2.56. The van der Waals surface area contributed by atoms with Crippen LogP contribution in [-0.4, -0.2) is 56.5 Å². The number of carbonyl (C=O) groups is 2. The second kappa shape index (κ2) is 11.3. The normalized spacial score (nSPS) is 24.7. The summed E-state index contributed by atoms with van der Waals surface area (Å²) in [5.41, 5.74) is -1.32. The van der Waals surface area contributed by atoms with E-state index in [-0.39, 0.29) is 58.2 Å². The van der Waals surface area contributed by atoms with Gasteiger partial charge < -0.3 is 20.5 Å². The Morgan fingerprint density at radius 2 is 1.79 bits per heavy atom. The monoisotopic (exact) mass is 570 g/mol. The SMILES string of the molecule is COCCNC(=O)CC1(O)C2CC[C@@H]1CC(S(=O)(=O)c1cc(C(=O)Nc3ccc(F)c(F)c3)ccc1Cl)C2. The van der Waals surface area contributed by atoms with Crippen LogP contribution in [0.1, 0.15) is 42.5 Å². The Kier molecular flexibility index (Phi) is 8.41. The van der Waals surface area contributed by atoms with Crippen LogP contribution in [-0.2, 0) is 19.4 Å². The van der Waals surface area contributed by atoms with E-state index in [1.54, 1.807) is 0 Å². The highest BCUT2D eigenvalue weighted by molar-refractivity contribution is 7.92. The fraction of sp³-hybridized carbons (Fsp3) is 0.462. The summed E-state index contributed by atoms with van der Waals surface area (Å²) < 4.78 is 58.9. The first-order valence-electron chi connectivity index (χ1n) is 12.2. The molecule has 2 aromatic rings. The number of fused-ring (bicyclic) bond motifs is 2. The van der Waals surface area contributed by atoms with Crippen LogP contribution in [0.5, 0.6) is 0 Å². The molecule has 2 amide bonds. The van der Waals surface area contributed by atoms with Crippen molar-refractivity contribution in [3.8, 4) is 0 Å². The molecule has 0 spiro atoms. The predicted molar refractivity (Wildman–Crippen MR) is 137 cm³/mol. The molecule has 4 rings (SSSR count). The Balaban J connectivity index is 1.51. The maximum absolute atomic E-state index is 13.7. The number of methoxy groups -OCH3 is 1. The maximum Gasteiger partial charge on any atom is 0.255 e. The minimum atomic E-state index is -4.01. The summed E-state index contributed by atoms with van der Waals surface area (Å²) in [5, 5.41) is 15.6. The van der Waals surface area contributed by atoms with E-state index in [1.807, 2.05) is 0 Å². The zero-order valence-corrected chi connectivity index (χ0v) is 22.2. The number of benzene rings is 2. The minimum absolute atomic E-state index is 0.00246. The third kappa shape index (κ3) is 5.70. The highest BCUT2D eigenvalue weighted by Crippen LogP contribution is 2.53. The standard InChI is InChI=1S/C26H29ClF2N2O6S/c1-37-9-8-30-24(32)14-26(34)16-3-4-17(26)12-19(11-16)38(35,36)23-10-15(2-6-20(23)27)25(33)31-18-5-7-21(28)22(29)13-18/h2,5-7,10,13,16-17,19,34H,3-4,8-9,11-12,14H2,1H3,(H,30,32)(H,31,33)/t16-,17?,19?,26?/m1/s1. The Bertz CT molecular complexity index is 1330. The first kappa shape index (κ1) is 28.4. The molecule has 0 radical (unpaired) electrons. The Morgan fingerprint density at radius 1 is 1.11 bits per heavy atom. The van der Waals surface area contributed by atoms with Gasteiger partial charge in [-0.15, -0.1) is 0 Å². The largest absolute Gasteiger partial charge is 0.389 e. The second-order valence-electron chi connectivity index (χ2n) is 9.85. The van der Waals surface area contributed by atoms with Crippen LogP contribution in [0.25, 0.3) is 0 Å². The molecule has 206 valence electrons. The molecule has 2 aromatic carbocycles. The topological polar surface area (TPSA) is 122 Å². The number of rotatable bonds is 9. The van der Waals surface area contributed by atoms with E-state index in [2.05, 4.69) is 10.6 Å². The summed E-state index contributed by atoms with van der Waals surface area (Å²) in [6.45, 7) is 0.659. The molecule has 2 aliphatic carbocycles. The van der Waals surface area contributed by atoms with Crippen molar-refractivity contribution in [3.05, 3.63) is 58.6 Å². The molecule has 4 atom stereocenters. The van der Waals surface area contributed by atoms with Gasteiger partial charge in [-0.2, -0.15) is 0 Å². The average molecular weight is 571 g/mol. The van der Waals surface area contributed by atoms with Gasteiger partial charge in [0.15, 0.2) is 21.5 Å². The first-order chi connectivity index (χ1) is 18.0. The number of amides is 2. The van der Waals surface area contributed by atoms with Crippen molar-refractivity contribution in [2.75, 3.05) is 25.6 Å². The van der Waals surface area contributed by atoms with Crippen LogP contribution in [0, 0.1) is 23.5 Å². The van der Waals surface area contributed by atoms with Crippen molar-refractivity contribution in [3.63, 3.8) is 0 Å². The van der Waals surface area contributed by atoms with E-state index >= 15 is 0 Å². The zero-order valence-electron chi connectivity index (χ0n) is 20.7. The Labute approximate surface area is 224 Å². The summed E-state index contributed by atoms with van der Waals surface area (Å²) in [6, 6.07) is 6.66. The number of anilines is 1. The lowest BCUT2D eigenvalue weighted by Crippen LogP contribution is -2.50. The molecule has 2 saturated carbocycles. The van der Waals surface area contributed by atoms with E-state index in [9.17, 15) is 31.9 Å². The summed E-state index contributed by atoms with van der Waals surface area (Å²) >= 11 is 6.26. The highest BCUT2D eigenvalue weighted by atomic mass is 35.5. The number of hydrogen-bond acceptors (Lipinski definition) is 6. The van der Waals surface area contributed by atoms with Gasteiger partial charge in [-0.3, -0.25) is 9.59 Å². The first-order valence-corrected chi connectivity index (χ1v) is 14.2. The molecule has 2 bridgehead atoms. The quantitative estimate of drug-likeness (QED) is 0.395. The molecule has 0 aromatic heterocycles. The maximum atomic E-state index is 13.7. The molecule has 12 heteroatoms. The van der Waals surface area contributed by atoms with Crippen molar-refractivity contribution in [2.24, 2.45) is 11.8 Å². The van der Waals surface area contributed by atoms with Gasteiger partial charge in [0.05, 0.1) is 33.8 Å². The summed E-state index contributed by atoms with van der Waals surface area (Å²) in [5.74, 6) is -4.00. The molecule has 2 fully saturated rings. The van der Waals surface area contributed by atoms with Gasteiger partial charge in [0.2, 0.25) is 5.91 Å². The van der Waals surface area contributed by atoms with Crippen LogP contribution >= 0.6 is 11.6 Å². The van der Waals surface area contributed by atoms with Crippen LogP contribution in [0.3, 0.4) is 0 Å². The molecule has 3 unspecified atom stereocenters. The molecule has 38 heavy (non-hydrogen) atoms. The number of halogens is 3. The molecular formula is C26H29ClF2N2O6S. The molecule has 0 heterocycles. The molecule has 3 N–H and O–H groups in total. The number of sulfone groups is 1. The van der Waals surface area contributed by atoms with E-state index in [4.69, 9.17) is 16.3 Å². The number of nitrogens with one attached hydrogen (secondary N) is 2. The van der Waals surface area contributed by atoms with Gasteiger partial charge >= 0.3 is 0 Å². The summed E-state index contributed by atoms with van der Waals surface area (Å²) in [4.78, 5) is 24.9. The van der Waals surface area contributed by atoms with Gasteiger partial charge in [-0.05, 0) is 67.9 Å². The van der Waals surface area contributed by atoms with Crippen LogP contribution in [0.2, 0.25) is 5.02 Å². The molecular weight excluding hydrogens is 542 g/mol. The predicted octanol–water partition coefficient (Wildman–Crippen LogP) is 3.72. The number of hydrogen-bond donors (Lipinski definition) is 3. The second-order valence-corrected chi connectivity index (χ2v) is 12.5. The fourth-order valence-corrected chi connectivity index (χ4v) is 7.99. The van der Waals surface area contributed by atoms with Gasteiger partial charge in [-0.25, -0.2) is 17.2 Å². The number of carbonyl (C=O) groups excluding carboxylic acids is 2. The lowest BCUT2D eigenvalue weighted by molar-refractivity contribution is -0.132. The van der Waals surface area contributed by atoms with Crippen molar-refractivity contribution < 1.29 is 36.6 Å². The van der Waals surface area contributed by atoms with Gasteiger partial charge in [0.25, 0.3) is 5.91 Å². The summed E-state index contributed by atoms with van der Waals surface area (Å²) in [6.07, 6.45) is 1.40. The van der Waals surface area contributed by atoms with Crippen molar-refractivity contribution in [1.82, 2.24) is 5.32 Å². The van der Waals surface area contributed by atoms with Crippen LogP contribution in [0.4, 0.5) is 14.5 Å². The van der Waals surface area contributed by atoms with E-state index in [0.29, 0.717) is 26.0 Å². The molecule has 0 saturated heterocycles. The average Bonchev–Trinajstić information content (AvgIpc) is 3.02. The Hall–Kier alpha value is -2.60. The minimum Gasteiger partial charge on any atom is -0.389 e. The van der Waals surface area contributed by atoms with Crippen molar-refractivity contribution >= 4 is 38.9 Å². The van der Waals surface area contributed by atoms with Gasteiger partial charge in [0.1, 0.15) is 0 Å². The molecule has 8 nitrogen and oxygen atoms in total. The fourth-order valence-electron chi connectivity index (χ4n) is 5.58. The summed E-state index contributed by atoms with van der Waals surface area (Å²) in [7, 11) is -2.49. The lowest BCUT2D eigenvalue weighted by atomic mass is 9.72. The van der Waals surface area contributed by atoms with Crippen molar-refractivity contribution in [1.29, 1.82) is 0 Å². The van der Waals surface area contributed by atoms with Gasteiger partial charge in [-0.1, -0.05) is 11.6 Å². The number of aliphatic hydroxyl groups is 1. The van der Waals surface area contributed by atoms with E-state index < -0.39 is 38.2 Å². The Morgan fingerprint density at radius 3 is 2.42 bits per heavy atom. The van der Waals surface area contributed by atoms with E-state index in [0.717, 1.165) is 12.1 Å². The van der Waals surface area contributed by atoms with Crippen molar-refractivity contribution in [2.45, 2.75) is 47.9 Å². The van der Waals surface area contributed by atoms with Crippen LogP contribution in [0.15, 0.2) is 41.3 Å². The zero-order chi connectivity index (χ0) is 27.7. The smallest absolute Gasteiger partial charge is 0.255 e. The molecule has 0 aliphatic heterocycles. The number of ether oxygens (including phenoxy) is 1. The van der Waals surface area contributed by atoms with E-state index in [1.165, 1.54) is 31.4 Å². The molecule has 2 aliphatic rings.